The van der Waals surface area contributed by atoms with Gasteiger partial charge in [0.05, 0.1) is 25.8 Å². The Morgan fingerprint density at radius 2 is 1.82 bits per heavy atom. The van der Waals surface area contributed by atoms with Crippen LogP contribution in [-0.2, 0) is 20.2 Å². The van der Waals surface area contributed by atoms with Crippen LogP contribution in [0.5, 0.6) is 0 Å². The van der Waals surface area contributed by atoms with E-state index in [2.05, 4.69) is 10.6 Å². The zero-order valence-electron chi connectivity index (χ0n) is 27.7. The molecule has 0 unspecified atom stereocenters. The smallest absolute Gasteiger partial charge is 0.410 e. The molecule has 6 rings (SSSR count). The quantitative estimate of drug-likeness (QED) is 0.108. The summed E-state index contributed by atoms with van der Waals surface area (Å²) in [5.74, 6) is -4.91. The van der Waals surface area contributed by atoms with Crippen molar-refractivity contribution < 1.29 is 37.8 Å². The molecule has 5 N–H and O–H groups in total. The van der Waals surface area contributed by atoms with Crippen LogP contribution >= 0.6 is 11.3 Å². The number of halogens is 2. The standard InChI is InChI=1S/C35H38F2N6O6S/c1-19(27-13-21(17-50-27)30(38)41-33(47)48)40-32(46)26-14-34(18-49-11-10-42(2)3)15-28(34)43(26)29(44)16-39-31(45)20-8-9-25-23(12-20)22-6-4-5-7-24(22)35(25,36)37/h4-9,12-13,17,19,26,28H,10-11,14-16,18H2,1-3H3,(H2,38,41)(H,39,45)(H,40,46)(H,47,48)/t19-,26+,28+,34-/m1/s1. The summed E-state index contributed by atoms with van der Waals surface area (Å²) in [5, 5.41) is 26.0. The fourth-order valence-electron chi connectivity index (χ4n) is 6.88. The number of amides is 4. The summed E-state index contributed by atoms with van der Waals surface area (Å²) in [5.41, 5.74) is 0.402. The van der Waals surface area contributed by atoms with Crippen molar-refractivity contribution in [1.82, 2.24) is 25.8 Å². The Bertz CT molecular complexity index is 1870. The maximum Gasteiger partial charge on any atom is 0.410 e. The van der Waals surface area contributed by atoms with E-state index in [0.717, 1.165) is 0 Å². The topological polar surface area (TPSA) is 164 Å². The maximum absolute atomic E-state index is 15.0. The molecule has 3 aliphatic rings. The van der Waals surface area contributed by atoms with Crippen molar-refractivity contribution in [3.05, 3.63) is 81.0 Å². The Kier molecular flexibility index (Phi) is 9.50. The largest absolute Gasteiger partial charge is 0.465 e. The van der Waals surface area contributed by atoms with Gasteiger partial charge in [-0.15, -0.1) is 11.3 Å². The number of fused-ring (bicyclic) bond motifs is 4. The molecule has 3 aromatic rings. The number of likely N-dealkylation sites (tertiary alicyclic amines) is 1. The van der Waals surface area contributed by atoms with Gasteiger partial charge in [0.2, 0.25) is 11.8 Å². The zero-order chi connectivity index (χ0) is 36.0. The molecule has 0 radical (unpaired) electrons. The molecule has 1 saturated heterocycles. The van der Waals surface area contributed by atoms with E-state index in [-0.39, 0.29) is 40.0 Å². The number of piperidine rings is 1. The van der Waals surface area contributed by atoms with E-state index in [0.29, 0.717) is 48.6 Å². The molecule has 12 nitrogen and oxygen atoms in total. The molecule has 264 valence electrons. The van der Waals surface area contributed by atoms with Gasteiger partial charge in [-0.2, -0.15) is 8.78 Å². The van der Waals surface area contributed by atoms with E-state index in [1.54, 1.807) is 36.6 Å². The van der Waals surface area contributed by atoms with Crippen molar-refractivity contribution in [1.29, 1.82) is 5.41 Å². The first-order valence-electron chi connectivity index (χ1n) is 16.1. The highest BCUT2D eigenvalue weighted by atomic mass is 32.1. The summed E-state index contributed by atoms with van der Waals surface area (Å²) in [6, 6.07) is 10.2. The second-order valence-corrected chi connectivity index (χ2v) is 14.2. The predicted molar refractivity (Wildman–Crippen MR) is 182 cm³/mol. The number of benzene rings is 2. The number of rotatable bonds is 12. The second kappa shape index (κ2) is 13.5. The summed E-state index contributed by atoms with van der Waals surface area (Å²) in [4.78, 5) is 55.9. The van der Waals surface area contributed by atoms with Crippen LogP contribution in [-0.4, -0.2) is 97.0 Å². The summed E-state index contributed by atoms with van der Waals surface area (Å²) >= 11 is 1.26. The maximum atomic E-state index is 15.0. The molecule has 1 aromatic heterocycles. The van der Waals surface area contributed by atoms with E-state index >= 15 is 8.78 Å². The lowest BCUT2D eigenvalue weighted by molar-refractivity contribution is -0.139. The predicted octanol–water partition coefficient (Wildman–Crippen LogP) is 4.01. The monoisotopic (exact) mass is 708 g/mol. The zero-order valence-corrected chi connectivity index (χ0v) is 28.5. The van der Waals surface area contributed by atoms with Gasteiger partial charge in [-0.1, -0.05) is 30.3 Å². The highest BCUT2D eigenvalue weighted by Crippen LogP contribution is 2.59. The Labute approximate surface area is 291 Å². The number of amidine groups is 1. The molecule has 50 heavy (non-hydrogen) atoms. The summed E-state index contributed by atoms with van der Waals surface area (Å²) in [6.45, 7) is 2.93. The minimum atomic E-state index is -3.18. The number of ether oxygens (including phenoxy) is 1. The number of hydrogen-bond acceptors (Lipinski definition) is 8. The van der Waals surface area contributed by atoms with Gasteiger partial charge in [-0.05, 0) is 63.2 Å². The number of carboxylic acid groups (broad SMARTS) is 1. The van der Waals surface area contributed by atoms with Gasteiger partial charge < -0.3 is 30.3 Å². The van der Waals surface area contributed by atoms with Gasteiger partial charge in [-0.3, -0.25) is 25.1 Å². The lowest BCUT2D eigenvalue weighted by Gasteiger charge is -2.28. The molecule has 0 spiro atoms. The summed E-state index contributed by atoms with van der Waals surface area (Å²) in [6.07, 6.45) is -0.328. The SMILES string of the molecule is C[C@@H](NC(=O)[C@@H]1C[C@]2(COCCN(C)C)C[C@@H]2N1C(=O)CNC(=O)c1ccc2c(c1)-c1ccccc1C2(F)F)c1cc(C(=N)NC(=O)O)cs1. The molecule has 15 heteroatoms. The Balaban J connectivity index is 1.14. The molecule has 1 saturated carbocycles. The van der Waals surface area contributed by atoms with Crippen LogP contribution in [0.3, 0.4) is 0 Å². The molecule has 0 bridgehead atoms. The molecule has 2 heterocycles. The van der Waals surface area contributed by atoms with E-state index in [1.165, 1.54) is 40.5 Å². The lowest BCUT2D eigenvalue weighted by Crippen LogP contribution is -2.51. The van der Waals surface area contributed by atoms with Crippen molar-refractivity contribution in [2.75, 3.05) is 40.4 Å². The fourth-order valence-corrected chi connectivity index (χ4v) is 7.79. The minimum absolute atomic E-state index is 0.122. The van der Waals surface area contributed by atoms with Crippen LogP contribution in [0.25, 0.3) is 11.1 Å². The highest BCUT2D eigenvalue weighted by Gasteiger charge is 2.67. The van der Waals surface area contributed by atoms with Crippen LogP contribution in [0, 0.1) is 10.8 Å². The first kappa shape index (κ1) is 35.1. The van der Waals surface area contributed by atoms with Gasteiger partial charge in [0.1, 0.15) is 11.9 Å². The molecule has 2 fully saturated rings. The Morgan fingerprint density at radius 1 is 1.08 bits per heavy atom. The number of nitrogens with one attached hydrogen (secondary N) is 4. The molecule has 2 aromatic carbocycles. The number of carbonyl (C=O) groups is 4. The summed E-state index contributed by atoms with van der Waals surface area (Å²) < 4.78 is 36.0. The fraction of sp³-hybridized carbons (Fsp3) is 0.400. The minimum Gasteiger partial charge on any atom is -0.465 e. The van der Waals surface area contributed by atoms with Crippen LogP contribution in [0.2, 0.25) is 0 Å². The Hall–Kier alpha value is -4.73. The number of likely N-dealkylation sites (N-methyl/N-ethyl adjacent to an activating group) is 1. The van der Waals surface area contributed by atoms with Crippen LogP contribution in [0.15, 0.2) is 53.9 Å². The van der Waals surface area contributed by atoms with Crippen molar-refractivity contribution in [2.45, 2.75) is 43.8 Å². The van der Waals surface area contributed by atoms with E-state index in [9.17, 15) is 19.2 Å². The third kappa shape index (κ3) is 6.72. The van der Waals surface area contributed by atoms with Crippen LogP contribution in [0.4, 0.5) is 13.6 Å². The molecule has 1 aliphatic heterocycles. The summed E-state index contributed by atoms with van der Waals surface area (Å²) in [7, 11) is 3.87. The van der Waals surface area contributed by atoms with Gasteiger partial charge in [0.25, 0.3) is 11.8 Å². The van der Waals surface area contributed by atoms with Crippen LogP contribution < -0.4 is 16.0 Å². The number of hydrogen-bond donors (Lipinski definition) is 5. The van der Waals surface area contributed by atoms with E-state index in [1.807, 2.05) is 24.3 Å². The average molecular weight is 709 g/mol. The normalized spacial score (nSPS) is 21.5. The average Bonchev–Trinajstić information content (AvgIpc) is 3.35. The molecule has 2 aliphatic carbocycles. The van der Waals surface area contributed by atoms with Crippen LogP contribution in [0.1, 0.15) is 57.7 Å². The molecular weight excluding hydrogens is 670 g/mol. The number of carbonyl (C=O) groups excluding carboxylic acids is 3. The van der Waals surface area contributed by atoms with Gasteiger partial charge in [0.15, 0.2) is 0 Å². The van der Waals surface area contributed by atoms with Crippen molar-refractivity contribution in [3.63, 3.8) is 0 Å². The van der Waals surface area contributed by atoms with Gasteiger partial charge >= 0.3 is 6.09 Å². The van der Waals surface area contributed by atoms with Gasteiger partial charge in [0, 0.05) is 50.5 Å². The van der Waals surface area contributed by atoms with Crippen molar-refractivity contribution in [2.24, 2.45) is 5.41 Å². The van der Waals surface area contributed by atoms with Gasteiger partial charge in [-0.25, -0.2) is 4.79 Å². The number of alkyl halides is 2. The Morgan fingerprint density at radius 3 is 2.56 bits per heavy atom. The molecule has 4 atom stereocenters. The third-order valence-electron chi connectivity index (χ3n) is 9.58. The molecule has 4 amide bonds. The first-order valence-corrected chi connectivity index (χ1v) is 17.0. The van der Waals surface area contributed by atoms with E-state index in [4.69, 9.17) is 15.3 Å². The lowest BCUT2D eigenvalue weighted by atomic mass is 10.00. The number of nitrogens with zero attached hydrogens (tertiary/aromatic N) is 2. The second-order valence-electron chi connectivity index (χ2n) is 13.3. The molecular formula is C35H38F2N6O6S. The highest BCUT2D eigenvalue weighted by molar-refractivity contribution is 7.10. The van der Waals surface area contributed by atoms with Crippen molar-refractivity contribution >= 4 is 41.0 Å². The van der Waals surface area contributed by atoms with E-state index < -0.39 is 47.9 Å². The third-order valence-corrected chi connectivity index (χ3v) is 10.7. The first-order chi connectivity index (χ1) is 23.7. The van der Waals surface area contributed by atoms with Crippen molar-refractivity contribution in [3.8, 4) is 11.1 Å². The number of thiophene rings is 1.